The van der Waals surface area contributed by atoms with Crippen molar-refractivity contribution in [3.8, 4) is 0 Å². The van der Waals surface area contributed by atoms with Crippen molar-refractivity contribution in [3.63, 3.8) is 0 Å². The summed E-state index contributed by atoms with van der Waals surface area (Å²) in [7, 11) is 0. The number of alkyl halides is 2. The fourth-order valence-corrected chi connectivity index (χ4v) is 2.60. The average molecular weight is 213 g/mol. The number of aryl methyl sites for hydroxylation is 1. The van der Waals surface area contributed by atoms with Crippen LogP contribution in [0.5, 0.6) is 0 Å². The zero-order chi connectivity index (χ0) is 10.3. The fourth-order valence-electron chi connectivity index (χ4n) is 1.57. The number of thiophene rings is 1. The molecular weight excluding hydrogens is 204 g/mol. The molecule has 1 aromatic heterocycles. The van der Waals surface area contributed by atoms with E-state index >= 15 is 0 Å². The quantitative estimate of drug-likeness (QED) is 0.717. The molecule has 14 heavy (non-hydrogen) atoms. The van der Waals surface area contributed by atoms with Crippen LogP contribution in [0.3, 0.4) is 0 Å². The molecule has 0 aliphatic rings. The molecule has 2 aromatic rings. The van der Waals surface area contributed by atoms with Gasteiger partial charge in [0.15, 0.2) is 0 Å². The lowest BCUT2D eigenvalue weighted by Gasteiger charge is -2.07. The maximum absolute atomic E-state index is 12.7. The Balaban J connectivity index is 2.86. The molecule has 0 amide bonds. The second kappa shape index (κ2) is 3.20. The summed E-state index contributed by atoms with van der Waals surface area (Å²) in [5, 5.41) is 2.68. The molecule has 1 aromatic carbocycles. The average Bonchev–Trinajstić information content (AvgIpc) is 2.51. The van der Waals surface area contributed by atoms with E-state index in [4.69, 9.17) is 5.73 Å². The molecule has 0 aliphatic carbocycles. The van der Waals surface area contributed by atoms with Gasteiger partial charge in [-0.05, 0) is 35.4 Å². The molecule has 1 heterocycles. The molecule has 74 valence electrons. The summed E-state index contributed by atoms with van der Waals surface area (Å²) in [6.45, 7) is 1.88. The highest BCUT2D eigenvalue weighted by molar-refractivity contribution is 7.17. The van der Waals surface area contributed by atoms with E-state index in [2.05, 4.69) is 0 Å². The van der Waals surface area contributed by atoms with Gasteiger partial charge in [-0.15, -0.1) is 11.3 Å². The lowest BCUT2D eigenvalue weighted by atomic mass is 10.1. The Morgan fingerprint density at radius 1 is 1.43 bits per heavy atom. The number of hydrogen-bond donors (Lipinski definition) is 1. The van der Waals surface area contributed by atoms with Gasteiger partial charge >= 0.3 is 0 Å². The first kappa shape index (κ1) is 9.40. The standard InChI is InChI=1S/C10H9F2NS/c1-5-4-7(13)8(10(11)12)9-6(5)2-3-14-9/h2-4,10H,13H2,1H3. The molecule has 2 rings (SSSR count). The van der Waals surface area contributed by atoms with Gasteiger partial charge in [-0.1, -0.05) is 0 Å². The molecule has 0 fully saturated rings. The maximum atomic E-state index is 12.7. The lowest BCUT2D eigenvalue weighted by Crippen LogP contribution is -1.96. The van der Waals surface area contributed by atoms with Gasteiger partial charge in [-0.2, -0.15) is 0 Å². The summed E-state index contributed by atoms with van der Waals surface area (Å²) >= 11 is 1.31. The van der Waals surface area contributed by atoms with Crippen LogP contribution in [0.4, 0.5) is 14.5 Å². The Morgan fingerprint density at radius 3 is 2.79 bits per heavy atom. The second-order valence-electron chi connectivity index (χ2n) is 3.16. The lowest BCUT2D eigenvalue weighted by molar-refractivity contribution is 0.154. The van der Waals surface area contributed by atoms with Gasteiger partial charge in [0.2, 0.25) is 0 Å². The molecular formula is C10H9F2NS. The topological polar surface area (TPSA) is 26.0 Å². The first-order valence-corrected chi connectivity index (χ1v) is 5.03. The van der Waals surface area contributed by atoms with Gasteiger partial charge in [0.1, 0.15) is 0 Å². The number of nitrogens with two attached hydrogens (primary N) is 1. The van der Waals surface area contributed by atoms with Gasteiger partial charge < -0.3 is 5.73 Å². The predicted molar refractivity (Wildman–Crippen MR) is 55.9 cm³/mol. The third kappa shape index (κ3) is 1.26. The van der Waals surface area contributed by atoms with Crippen LogP contribution >= 0.6 is 11.3 Å². The molecule has 0 bridgehead atoms. The highest BCUT2D eigenvalue weighted by atomic mass is 32.1. The smallest absolute Gasteiger partial charge is 0.267 e. The highest BCUT2D eigenvalue weighted by Crippen LogP contribution is 2.37. The molecule has 1 nitrogen and oxygen atoms in total. The van der Waals surface area contributed by atoms with E-state index in [1.54, 1.807) is 6.07 Å². The molecule has 0 aliphatic heterocycles. The van der Waals surface area contributed by atoms with Crippen LogP contribution in [0.15, 0.2) is 17.5 Å². The number of fused-ring (bicyclic) bond motifs is 1. The molecule has 2 N–H and O–H groups in total. The highest BCUT2D eigenvalue weighted by Gasteiger charge is 2.17. The molecule has 0 radical (unpaired) electrons. The van der Waals surface area contributed by atoms with E-state index in [0.29, 0.717) is 4.70 Å². The van der Waals surface area contributed by atoms with Crippen molar-refractivity contribution in [2.24, 2.45) is 0 Å². The number of halogens is 2. The predicted octanol–water partition coefficient (Wildman–Crippen LogP) is 3.73. The minimum absolute atomic E-state index is 0.0272. The molecule has 0 saturated heterocycles. The van der Waals surface area contributed by atoms with E-state index in [1.165, 1.54) is 11.3 Å². The number of anilines is 1. The van der Waals surface area contributed by atoms with Crippen LogP contribution < -0.4 is 5.73 Å². The maximum Gasteiger partial charge on any atom is 0.267 e. The summed E-state index contributed by atoms with van der Waals surface area (Å²) in [5.74, 6) is 0. The third-order valence-electron chi connectivity index (χ3n) is 2.24. The Kier molecular flexibility index (Phi) is 2.15. The number of benzene rings is 1. The van der Waals surface area contributed by atoms with Crippen LogP contribution in [0.25, 0.3) is 10.1 Å². The molecule has 0 unspecified atom stereocenters. The van der Waals surface area contributed by atoms with Crippen LogP contribution in [0.1, 0.15) is 17.6 Å². The second-order valence-corrected chi connectivity index (χ2v) is 4.08. The van der Waals surface area contributed by atoms with E-state index < -0.39 is 6.43 Å². The summed E-state index contributed by atoms with van der Waals surface area (Å²) in [4.78, 5) is 0. The Hall–Kier alpha value is -1.16. The monoisotopic (exact) mass is 213 g/mol. The SMILES string of the molecule is Cc1cc(N)c(C(F)F)c2sccc12. The van der Waals surface area contributed by atoms with Gasteiger partial charge in [-0.25, -0.2) is 8.78 Å². The van der Waals surface area contributed by atoms with Crippen molar-refractivity contribution in [2.75, 3.05) is 5.73 Å². The zero-order valence-corrected chi connectivity index (χ0v) is 8.37. The van der Waals surface area contributed by atoms with E-state index in [1.807, 2.05) is 18.4 Å². The van der Waals surface area contributed by atoms with Crippen molar-refractivity contribution in [2.45, 2.75) is 13.3 Å². The number of hydrogen-bond acceptors (Lipinski definition) is 2. The minimum Gasteiger partial charge on any atom is -0.398 e. The van der Waals surface area contributed by atoms with Gasteiger partial charge in [0.25, 0.3) is 6.43 Å². The summed E-state index contributed by atoms with van der Waals surface area (Å²) in [6, 6.07) is 3.46. The van der Waals surface area contributed by atoms with Gasteiger partial charge in [-0.3, -0.25) is 0 Å². The minimum atomic E-state index is -2.50. The normalized spacial score (nSPS) is 11.4. The third-order valence-corrected chi connectivity index (χ3v) is 3.18. The summed E-state index contributed by atoms with van der Waals surface area (Å²) in [6.07, 6.45) is -2.50. The van der Waals surface area contributed by atoms with Crippen molar-refractivity contribution in [3.05, 3.63) is 28.6 Å². The zero-order valence-electron chi connectivity index (χ0n) is 7.55. The van der Waals surface area contributed by atoms with Crippen molar-refractivity contribution in [1.29, 1.82) is 0 Å². The molecule has 0 spiro atoms. The van der Waals surface area contributed by atoms with Crippen LogP contribution in [-0.4, -0.2) is 0 Å². The van der Waals surface area contributed by atoms with E-state index in [-0.39, 0.29) is 11.3 Å². The number of rotatable bonds is 1. The summed E-state index contributed by atoms with van der Waals surface area (Å²) < 4.78 is 26.0. The molecule has 0 saturated carbocycles. The van der Waals surface area contributed by atoms with Crippen molar-refractivity contribution < 1.29 is 8.78 Å². The fraction of sp³-hybridized carbons (Fsp3) is 0.200. The van der Waals surface area contributed by atoms with Crippen molar-refractivity contribution >= 4 is 27.1 Å². The largest absolute Gasteiger partial charge is 0.398 e. The first-order chi connectivity index (χ1) is 6.61. The van der Waals surface area contributed by atoms with E-state index in [0.717, 1.165) is 10.9 Å². The Labute approximate surface area is 84.2 Å². The Morgan fingerprint density at radius 2 is 2.14 bits per heavy atom. The van der Waals surface area contributed by atoms with Crippen LogP contribution in [-0.2, 0) is 0 Å². The Bertz CT molecular complexity index is 476. The molecule has 0 atom stereocenters. The number of nitrogen functional groups attached to an aromatic ring is 1. The van der Waals surface area contributed by atoms with Crippen molar-refractivity contribution in [1.82, 2.24) is 0 Å². The van der Waals surface area contributed by atoms with E-state index in [9.17, 15) is 8.78 Å². The molecule has 4 heteroatoms. The summed E-state index contributed by atoms with van der Waals surface area (Å²) in [5.41, 5.74) is 6.68. The van der Waals surface area contributed by atoms with Gasteiger partial charge in [0, 0.05) is 10.4 Å². The first-order valence-electron chi connectivity index (χ1n) is 4.15. The van der Waals surface area contributed by atoms with Gasteiger partial charge in [0.05, 0.1) is 5.56 Å². The van der Waals surface area contributed by atoms with Crippen LogP contribution in [0.2, 0.25) is 0 Å². The van der Waals surface area contributed by atoms with Crippen LogP contribution in [0, 0.1) is 6.92 Å².